The van der Waals surface area contributed by atoms with Crippen LogP contribution in [0.4, 0.5) is 0 Å². The zero-order valence-electron chi connectivity index (χ0n) is 11.8. The molecule has 0 aliphatic heterocycles. The molecule has 3 nitrogen and oxygen atoms in total. The Kier molecular flexibility index (Phi) is 4.11. The molecule has 3 aromatic rings. The molecule has 2 aromatic carbocycles. The molecule has 22 heavy (non-hydrogen) atoms. The van der Waals surface area contributed by atoms with Crippen molar-refractivity contribution in [2.75, 3.05) is 0 Å². The summed E-state index contributed by atoms with van der Waals surface area (Å²) in [6.07, 6.45) is 0. The SMILES string of the molecule is NCc1ccc(S(=O)(=O)c2cccc(-c3ccccc3)c2)s1. The van der Waals surface area contributed by atoms with Crippen LogP contribution in [0.5, 0.6) is 0 Å². The molecule has 0 unspecified atom stereocenters. The van der Waals surface area contributed by atoms with Crippen LogP contribution in [0.3, 0.4) is 0 Å². The molecule has 112 valence electrons. The molecule has 0 aliphatic rings. The van der Waals surface area contributed by atoms with Gasteiger partial charge in [0.1, 0.15) is 4.21 Å². The Labute approximate surface area is 134 Å². The van der Waals surface area contributed by atoms with Gasteiger partial charge in [-0.3, -0.25) is 0 Å². The van der Waals surface area contributed by atoms with E-state index in [1.165, 1.54) is 11.3 Å². The molecule has 0 radical (unpaired) electrons. The van der Waals surface area contributed by atoms with Gasteiger partial charge in [-0.05, 0) is 35.4 Å². The Balaban J connectivity index is 2.05. The first-order valence-electron chi connectivity index (χ1n) is 6.80. The molecule has 1 heterocycles. The average molecular weight is 329 g/mol. The van der Waals surface area contributed by atoms with Crippen LogP contribution in [-0.2, 0) is 16.4 Å². The molecule has 0 amide bonds. The molecule has 0 bridgehead atoms. The van der Waals surface area contributed by atoms with Crippen LogP contribution in [0.15, 0.2) is 75.8 Å². The Hall–Kier alpha value is -1.95. The second-order valence-electron chi connectivity index (χ2n) is 4.82. The molecule has 5 heteroatoms. The molecule has 1 aromatic heterocycles. The van der Waals surface area contributed by atoms with Crippen molar-refractivity contribution in [1.82, 2.24) is 0 Å². The van der Waals surface area contributed by atoms with E-state index in [1.807, 2.05) is 36.4 Å². The second-order valence-corrected chi connectivity index (χ2v) is 8.17. The number of thiophene rings is 1. The van der Waals surface area contributed by atoms with Gasteiger partial charge in [-0.25, -0.2) is 8.42 Å². The molecule has 0 aliphatic carbocycles. The molecular formula is C17H15NO2S2. The summed E-state index contributed by atoms with van der Waals surface area (Å²) in [5.74, 6) is 0. The van der Waals surface area contributed by atoms with Crippen LogP contribution < -0.4 is 5.73 Å². The maximum atomic E-state index is 12.7. The van der Waals surface area contributed by atoms with E-state index in [4.69, 9.17) is 5.73 Å². The Morgan fingerprint density at radius 1 is 0.864 bits per heavy atom. The highest BCUT2D eigenvalue weighted by atomic mass is 32.2. The smallest absolute Gasteiger partial charge is 0.215 e. The maximum Gasteiger partial charge on any atom is 0.215 e. The lowest BCUT2D eigenvalue weighted by Crippen LogP contribution is -1.99. The van der Waals surface area contributed by atoms with Crippen molar-refractivity contribution >= 4 is 21.2 Å². The fourth-order valence-corrected chi connectivity index (χ4v) is 4.88. The Morgan fingerprint density at radius 3 is 2.27 bits per heavy atom. The highest BCUT2D eigenvalue weighted by Gasteiger charge is 2.20. The van der Waals surface area contributed by atoms with Gasteiger partial charge in [0.05, 0.1) is 4.90 Å². The predicted molar refractivity (Wildman–Crippen MR) is 89.5 cm³/mol. The van der Waals surface area contributed by atoms with Crippen LogP contribution in [0.1, 0.15) is 4.88 Å². The average Bonchev–Trinajstić information content (AvgIpc) is 3.06. The van der Waals surface area contributed by atoms with Gasteiger partial charge in [0, 0.05) is 11.4 Å². The molecule has 2 N–H and O–H groups in total. The molecule has 0 atom stereocenters. The van der Waals surface area contributed by atoms with Crippen LogP contribution in [0, 0.1) is 0 Å². The summed E-state index contributed by atoms with van der Waals surface area (Å²) in [7, 11) is -3.50. The van der Waals surface area contributed by atoms with E-state index in [0.29, 0.717) is 15.6 Å². The van der Waals surface area contributed by atoms with Gasteiger partial charge in [-0.15, -0.1) is 11.3 Å². The molecule has 0 fully saturated rings. The van der Waals surface area contributed by atoms with Gasteiger partial charge in [0.25, 0.3) is 0 Å². The van der Waals surface area contributed by atoms with Crippen LogP contribution in [-0.4, -0.2) is 8.42 Å². The molecule has 0 spiro atoms. The van der Waals surface area contributed by atoms with Gasteiger partial charge >= 0.3 is 0 Å². The number of rotatable bonds is 4. The number of benzene rings is 2. The fraction of sp³-hybridized carbons (Fsp3) is 0.0588. The van der Waals surface area contributed by atoms with E-state index in [1.54, 1.807) is 30.3 Å². The molecular weight excluding hydrogens is 314 g/mol. The first kappa shape index (κ1) is 15.0. The first-order chi connectivity index (χ1) is 10.6. The molecule has 0 saturated carbocycles. The topological polar surface area (TPSA) is 60.2 Å². The van der Waals surface area contributed by atoms with Crippen molar-refractivity contribution in [2.24, 2.45) is 5.73 Å². The minimum absolute atomic E-state index is 0.305. The van der Waals surface area contributed by atoms with E-state index in [9.17, 15) is 8.42 Å². The summed E-state index contributed by atoms with van der Waals surface area (Å²) in [4.78, 5) is 1.16. The van der Waals surface area contributed by atoms with Gasteiger partial charge in [0.15, 0.2) is 0 Å². The van der Waals surface area contributed by atoms with Crippen LogP contribution in [0.2, 0.25) is 0 Å². The Morgan fingerprint density at radius 2 is 1.59 bits per heavy atom. The molecule has 3 rings (SSSR count). The zero-order chi connectivity index (χ0) is 15.6. The monoisotopic (exact) mass is 329 g/mol. The third kappa shape index (κ3) is 2.83. The number of hydrogen-bond donors (Lipinski definition) is 1. The molecule has 0 saturated heterocycles. The van der Waals surface area contributed by atoms with Crippen molar-refractivity contribution in [3.8, 4) is 11.1 Å². The lowest BCUT2D eigenvalue weighted by molar-refractivity contribution is 0.598. The van der Waals surface area contributed by atoms with E-state index in [2.05, 4.69) is 0 Å². The Bertz CT molecular complexity index is 884. The van der Waals surface area contributed by atoms with Crippen molar-refractivity contribution in [3.63, 3.8) is 0 Å². The fourth-order valence-electron chi connectivity index (χ4n) is 2.20. The highest BCUT2D eigenvalue weighted by molar-refractivity contribution is 7.93. The van der Waals surface area contributed by atoms with Gasteiger partial charge in [-0.2, -0.15) is 0 Å². The lowest BCUT2D eigenvalue weighted by Gasteiger charge is -2.06. The third-order valence-electron chi connectivity index (χ3n) is 3.35. The minimum Gasteiger partial charge on any atom is -0.326 e. The zero-order valence-corrected chi connectivity index (χ0v) is 13.4. The van der Waals surface area contributed by atoms with Crippen molar-refractivity contribution in [3.05, 3.63) is 71.6 Å². The third-order valence-corrected chi connectivity index (χ3v) is 6.71. The normalized spacial score (nSPS) is 11.5. The van der Waals surface area contributed by atoms with Crippen molar-refractivity contribution in [1.29, 1.82) is 0 Å². The first-order valence-corrected chi connectivity index (χ1v) is 9.10. The van der Waals surface area contributed by atoms with Gasteiger partial charge in [-0.1, -0.05) is 42.5 Å². The summed E-state index contributed by atoms with van der Waals surface area (Å²) >= 11 is 1.22. The van der Waals surface area contributed by atoms with Crippen molar-refractivity contribution < 1.29 is 8.42 Å². The minimum atomic E-state index is -3.50. The number of sulfone groups is 1. The largest absolute Gasteiger partial charge is 0.326 e. The number of hydrogen-bond acceptors (Lipinski definition) is 4. The van der Waals surface area contributed by atoms with Gasteiger partial charge < -0.3 is 5.73 Å². The van der Waals surface area contributed by atoms with E-state index in [0.717, 1.165) is 16.0 Å². The van der Waals surface area contributed by atoms with E-state index in [-0.39, 0.29) is 0 Å². The second kappa shape index (κ2) is 6.04. The maximum absolute atomic E-state index is 12.7. The van der Waals surface area contributed by atoms with Crippen LogP contribution >= 0.6 is 11.3 Å². The number of nitrogens with two attached hydrogens (primary N) is 1. The predicted octanol–water partition coefficient (Wildman–Crippen LogP) is 3.71. The van der Waals surface area contributed by atoms with Gasteiger partial charge in [0.2, 0.25) is 9.84 Å². The van der Waals surface area contributed by atoms with Crippen molar-refractivity contribution in [2.45, 2.75) is 15.6 Å². The summed E-state index contributed by atoms with van der Waals surface area (Å²) in [6, 6.07) is 20.1. The summed E-state index contributed by atoms with van der Waals surface area (Å²) in [5.41, 5.74) is 7.44. The van der Waals surface area contributed by atoms with E-state index < -0.39 is 9.84 Å². The standard InChI is InChI=1S/C17H15NO2S2/c18-12-15-9-10-17(21-15)22(19,20)16-8-4-7-14(11-16)13-5-2-1-3-6-13/h1-11H,12,18H2. The summed E-state index contributed by atoms with van der Waals surface area (Å²) < 4.78 is 25.8. The summed E-state index contributed by atoms with van der Waals surface area (Å²) in [5, 5.41) is 0. The van der Waals surface area contributed by atoms with Crippen LogP contribution in [0.25, 0.3) is 11.1 Å². The lowest BCUT2D eigenvalue weighted by atomic mass is 10.1. The summed E-state index contributed by atoms with van der Waals surface area (Å²) in [6.45, 7) is 0.351. The highest BCUT2D eigenvalue weighted by Crippen LogP contribution is 2.30. The van der Waals surface area contributed by atoms with E-state index >= 15 is 0 Å². The quantitative estimate of drug-likeness (QED) is 0.794.